The Morgan fingerprint density at radius 3 is 2.50 bits per heavy atom. The second kappa shape index (κ2) is 9.11. The number of benzene rings is 2. The van der Waals surface area contributed by atoms with Gasteiger partial charge in [-0.25, -0.2) is 4.98 Å². The molecule has 0 spiro atoms. The van der Waals surface area contributed by atoms with Crippen LogP contribution in [0.15, 0.2) is 49.2 Å². The lowest BCUT2D eigenvalue weighted by atomic mass is 9.95. The summed E-state index contributed by atoms with van der Waals surface area (Å²) in [4.78, 5) is 29.0. The van der Waals surface area contributed by atoms with Crippen molar-refractivity contribution >= 4 is 54.7 Å². The molecule has 0 atom stereocenters. The Morgan fingerprint density at radius 1 is 1.22 bits per heavy atom. The van der Waals surface area contributed by atoms with Crippen LogP contribution in [-0.4, -0.2) is 26.9 Å². The Labute approximate surface area is 201 Å². The molecule has 0 aliphatic heterocycles. The molecule has 0 aliphatic carbocycles. The topological polar surface area (TPSA) is 99.6 Å². The highest BCUT2D eigenvalue weighted by Crippen LogP contribution is 2.36. The first-order chi connectivity index (χ1) is 14.9. The van der Waals surface area contributed by atoms with Gasteiger partial charge in [-0.3, -0.25) is 14.9 Å². The minimum atomic E-state index is -0.512. The Morgan fingerprint density at radius 2 is 1.91 bits per heavy atom. The van der Waals surface area contributed by atoms with E-state index in [0.717, 1.165) is 4.47 Å². The second-order valence-corrected chi connectivity index (χ2v) is 10.3. The molecular formula is C22H22Br2N4O4. The van der Waals surface area contributed by atoms with Gasteiger partial charge in [0, 0.05) is 21.5 Å². The van der Waals surface area contributed by atoms with Gasteiger partial charge in [0.1, 0.15) is 5.82 Å². The van der Waals surface area contributed by atoms with Crippen LogP contribution < -0.4 is 10.3 Å². The maximum Gasteiger partial charge on any atom is 0.312 e. The van der Waals surface area contributed by atoms with Gasteiger partial charge in [-0.05, 0) is 54.0 Å². The van der Waals surface area contributed by atoms with Gasteiger partial charge in [0.05, 0.1) is 32.6 Å². The monoisotopic (exact) mass is 564 g/mol. The molecule has 32 heavy (non-hydrogen) atoms. The Bertz CT molecular complexity index is 1290. The molecule has 3 rings (SSSR count). The van der Waals surface area contributed by atoms with Crippen molar-refractivity contribution in [1.82, 2.24) is 9.66 Å². The molecule has 0 bridgehead atoms. The van der Waals surface area contributed by atoms with E-state index in [1.165, 1.54) is 17.0 Å². The Hall–Kier alpha value is -2.59. The number of nitro benzene ring substituents is 1. The van der Waals surface area contributed by atoms with Gasteiger partial charge in [-0.1, -0.05) is 36.7 Å². The molecule has 168 valence electrons. The van der Waals surface area contributed by atoms with Gasteiger partial charge in [0.15, 0.2) is 0 Å². The van der Waals surface area contributed by atoms with Crippen molar-refractivity contribution in [3.8, 4) is 5.75 Å². The first-order valence-corrected chi connectivity index (χ1v) is 11.4. The first kappa shape index (κ1) is 24.1. The van der Waals surface area contributed by atoms with Crippen molar-refractivity contribution in [2.45, 2.75) is 46.1 Å². The number of aromatic nitrogens is 2. The van der Waals surface area contributed by atoms with E-state index >= 15 is 0 Å². The van der Waals surface area contributed by atoms with E-state index in [1.807, 2.05) is 26.8 Å². The summed E-state index contributed by atoms with van der Waals surface area (Å²) in [6, 6.07) is 8.31. The molecule has 0 amide bonds. The SMILES string of the molecule is CC(C)Oc1c(Br)cc(C=Nn2c(C(C)(C)C)nc3ccc(Br)cc3c2=O)cc1[N+](=O)[O-]. The van der Waals surface area contributed by atoms with Gasteiger partial charge in [0.25, 0.3) is 5.56 Å². The fourth-order valence-electron chi connectivity index (χ4n) is 3.03. The third-order valence-electron chi connectivity index (χ3n) is 4.40. The normalized spacial score (nSPS) is 12.1. The highest BCUT2D eigenvalue weighted by atomic mass is 79.9. The summed E-state index contributed by atoms with van der Waals surface area (Å²) in [6.45, 7) is 9.38. The molecule has 0 unspecified atom stereocenters. The quantitative estimate of drug-likeness (QED) is 0.221. The first-order valence-electron chi connectivity index (χ1n) is 9.80. The van der Waals surface area contributed by atoms with Crippen LogP contribution >= 0.6 is 31.9 Å². The average molecular weight is 566 g/mol. The third kappa shape index (κ3) is 5.07. The molecule has 0 fully saturated rings. The Balaban J connectivity index is 2.19. The van der Waals surface area contributed by atoms with Gasteiger partial charge in [-0.15, -0.1) is 0 Å². The molecule has 0 saturated heterocycles. The summed E-state index contributed by atoms with van der Waals surface area (Å²) in [5.41, 5.74) is 0.00691. The largest absolute Gasteiger partial charge is 0.483 e. The predicted octanol–water partition coefficient (Wildman–Crippen LogP) is 5.80. The van der Waals surface area contributed by atoms with Gasteiger partial charge >= 0.3 is 5.69 Å². The number of rotatable bonds is 5. The average Bonchev–Trinajstić information content (AvgIpc) is 2.68. The maximum atomic E-state index is 13.2. The minimum Gasteiger partial charge on any atom is -0.483 e. The highest BCUT2D eigenvalue weighted by molar-refractivity contribution is 9.10. The molecule has 0 radical (unpaired) electrons. The zero-order valence-corrected chi connectivity index (χ0v) is 21.4. The molecule has 10 heteroatoms. The lowest BCUT2D eigenvalue weighted by molar-refractivity contribution is -0.386. The summed E-state index contributed by atoms with van der Waals surface area (Å²) in [5.74, 6) is 0.619. The summed E-state index contributed by atoms with van der Waals surface area (Å²) in [6.07, 6.45) is 1.17. The van der Waals surface area contributed by atoms with Crippen molar-refractivity contribution in [1.29, 1.82) is 0 Å². The maximum absolute atomic E-state index is 13.2. The number of fused-ring (bicyclic) bond motifs is 1. The van der Waals surface area contributed by atoms with E-state index in [0.29, 0.717) is 26.8 Å². The lowest BCUT2D eigenvalue weighted by Crippen LogP contribution is -2.29. The molecular weight excluding hydrogens is 544 g/mol. The second-order valence-electron chi connectivity index (χ2n) is 8.48. The van der Waals surface area contributed by atoms with Crippen LogP contribution in [0.25, 0.3) is 10.9 Å². The van der Waals surface area contributed by atoms with Crippen molar-refractivity contribution in [3.63, 3.8) is 0 Å². The molecule has 2 aromatic carbocycles. The summed E-state index contributed by atoms with van der Waals surface area (Å²) in [7, 11) is 0. The number of hydrogen-bond acceptors (Lipinski definition) is 6. The molecule has 3 aromatic rings. The number of hydrogen-bond donors (Lipinski definition) is 0. The van der Waals surface area contributed by atoms with Crippen LogP contribution in [0.4, 0.5) is 5.69 Å². The summed E-state index contributed by atoms with van der Waals surface area (Å²) in [5, 5.41) is 16.4. The summed E-state index contributed by atoms with van der Waals surface area (Å²) >= 11 is 6.73. The molecule has 1 aromatic heterocycles. The standard InChI is InChI=1S/C22H22Br2N4O4/c1-12(2)32-19-16(24)8-13(9-18(19)28(30)31)11-25-27-20(29)15-10-14(23)6-7-17(15)26-21(27)22(3,4)5/h6-12H,1-5H3. The number of nitrogens with zero attached hydrogens (tertiary/aromatic N) is 4. The molecule has 0 aliphatic rings. The van der Waals surface area contributed by atoms with E-state index in [-0.39, 0.29) is 23.1 Å². The van der Waals surface area contributed by atoms with Crippen molar-refractivity contribution in [2.75, 3.05) is 0 Å². The van der Waals surface area contributed by atoms with E-state index in [4.69, 9.17) is 4.74 Å². The molecule has 8 nitrogen and oxygen atoms in total. The van der Waals surface area contributed by atoms with Crippen molar-refractivity contribution < 1.29 is 9.66 Å². The number of ether oxygens (including phenoxy) is 1. The zero-order valence-electron chi connectivity index (χ0n) is 18.2. The lowest BCUT2D eigenvalue weighted by Gasteiger charge is -2.20. The van der Waals surface area contributed by atoms with Crippen LogP contribution in [0, 0.1) is 10.1 Å². The Kier molecular flexibility index (Phi) is 6.85. The van der Waals surface area contributed by atoms with Crippen LogP contribution in [-0.2, 0) is 5.41 Å². The van der Waals surface area contributed by atoms with Crippen molar-refractivity contribution in [3.05, 3.63) is 71.1 Å². The van der Waals surface area contributed by atoms with Crippen LogP contribution in [0.2, 0.25) is 0 Å². The van der Waals surface area contributed by atoms with Crippen molar-refractivity contribution in [2.24, 2.45) is 5.10 Å². The predicted molar refractivity (Wildman–Crippen MR) is 132 cm³/mol. The molecule has 0 N–H and O–H groups in total. The van der Waals surface area contributed by atoms with Crippen LogP contribution in [0.3, 0.4) is 0 Å². The van der Waals surface area contributed by atoms with Crippen LogP contribution in [0.1, 0.15) is 46.0 Å². The van der Waals surface area contributed by atoms with E-state index < -0.39 is 10.3 Å². The zero-order chi connectivity index (χ0) is 23.8. The van der Waals surface area contributed by atoms with E-state index in [2.05, 4.69) is 41.9 Å². The van der Waals surface area contributed by atoms with Crippen LogP contribution in [0.5, 0.6) is 5.75 Å². The van der Waals surface area contributed by atoms with Gasteiger partial charge in [-0.2, -0.15) is 9.78 Å². The van der Waals surface area contributed by atoms with E-state index in [1.54, 1.807) is 32.0 Å². The molecule has 0 saturated carbocycles. The van der Waals surface area contributed by atoms with E-state index in [9.17, 15) is 14.9 Å². The fourth-order valence-corrected chi connectivity index (χ4v) is 3.95. The number of nitro groups is 1. The summed E-state index contributed by atoms with van der Waals surface area (Å²) < 4.78 is 8.01. The molecule has 1 heterocycles. The number of halogens is 2. The minimum absolute atomic E-state index is 0.145. The highest BCUT2D eigenvalue weighted by Gasteiger charge is 2.24. The van der Waals surface area contributed by atoms with Gasteiger partial charge < -0.3 is 4.74 Å². The third-order valence-corrected chi connectivity index (χ3v) is 5.48. The fraction of sp³-hybridized carbons (Fsp3) is 0.318. The smallest absolute Gasteiger partial charge is 0.312 e. The van der Waals surface area contributed by atoms with Gasteiger partial charge in [0.2, 0.25) is 5.75 Å².